The van der Waals surface area contributed by atoms with Crippen LogP contribution in [0.1, 0.15) is 23.0 Å². The number of amides is 1. The lowest BCUT2D eigenvalue weighted by molar-refractivity contribution is -0.123. The van der Waals surface area contributed by atoms with Gasteiger partial charge in [0.15, 0.2) is 17.6 Å². The van der Waals surface area contributed by atoms with Crippen molar-refractivity contribution in [2.75, 3.05) is 18.5 Å². The summed E-state index contributed by atoms with van der Waals surface area (Å²) in [5.74, 6) is 0.177. The summed E-state index contributed by atoms with van der Waals surface area (Å²) in [6.45, 7) is 4.41. The molecule has 1 aliphatic rings. The molecule has 3 aromatic rings. The third-order valence-electron chi connectivity index (χ3n) is 4.64. The number of benzene rings is 2. The van der Waals surface area contributed by atoms with Gasteiger partial charge in [0.1, 0.15) is 13.2 Å². The Kier molecular flexibility index (Phi) is 5.38. The molecule has 0 saturated heterocycles. The van der Waals surface area contributed by atoms with E-state index in [1.165, 1.54) is 6.92 Å². The van der Waals surface area contributed by atoms with Crippen LogP contribution in [-0.2, 0) is 9.53 Å². The third kappa shape index (κ3) is 4.12. The van der Waals surface area contributed by atoms with Crippen LogP contribution in [0.2, 0.25) is 0 Å². The lowest BCUT2D eigenvalue weighted by atomic mass is 10.2. The van der Waals surface area contributed by atoms with Crippen LogP contribution in [-0.4, -0.2) is 41.0 Å². The van der Waals surface area contributed by atoms with Gasteiger partial charge in [-0.2, -0.15) is 5.10 Å². The zero-order chi connectivity index (χ0) is 21.1. The van der Waals surface area contributed by atoms with Gasteiger partial charge in [0.05, 0.1) is 11.3 Å². The quantitative estimate of drug-likeness (QED) is 0.654. The monoisotopic (exact) mass is 407 g/mol. The molecular formula is C22H21N3O5. The largest absolute Gasteiger partial charge is 0.486 e. The van der Waals surface area contributed by atoms with Gasteiger partial charge in [0, 0.05) is 23.6 Å². The van der Waals surface area contributed by atoms with Crippen LogP contribution in [0.15, 0.2) is 54.7 Å². The molecule has 0 spiro atoms. The molecule has 0 aliphatic carbocycles. The average molecular weight is 407 g/mol. The van der Waals surface area contributed by atoms with Crippen molar-refractivity contribution < 1.29 is 23.8 Å². The lowest BCUT2D eigenvalue weighted by Crippen LogP contribution is -2.30. The molecule has 1 aliphatic heterocycles. The summed E-state index contributed by atoms with van der Waals surface area (Å²) in [6, 6.07) is 13.8. The highest BCUT2D eigenvalue weighted by Crippen LogP contribution is 2.32. The molecule has 4 rings (SSSR count). The maximum atomic E-state index is 12.4. The molecule has 0 radical (unpaired) electrons. The molecule has 1 aromatic heterocycles. The molecule has 0 bridgehead atoms. The van der Waals surface area contributed by atoms with E-state index in [0.29, 0.717) is 36.0 Å². The fraction of sp³-hybridized carbons (Fsp3) is 0.227. The molecule has 30 heavy (non-hydrogen) atoms. The van der Waals surface area contributed by atoms with Crippen molar-refractivity contribution in [3.8, 4) is 17.2 Å². The zero-order valence-electron chi connectivity index (χ0n) is 16.6. The van der Waals surface area contributed by atoms with Gasteiger partial charge < -0.3 is 19.5 Å². The molecule has 8 heteroatoms. The first-order valence-corrected chi connectivity index (χ1v) is 9.54. The van der Waals surface area contributed by atoms with Crippen molar-refractivity contribution in [2.24, 2.45) is 0 Å². The van der Waals surface area contributed by atoms with Crippen molar-refractivity contribution in [3.05, 3.63) is 66.0 Å². The Bertz CT molecular complexity index is 1070. The minimum Gasteiger partial charge on any atom is -0.486 e. The molecule has 1 amide bonds. The Morgan fingerprint density at radius 3 is 2.50 bits per heavy atom. The Balaban J connectivity index is 1.37. The van der Waals surface area contributed by atoms with Crippen molar-refractivity contribution in [1.29, 1.82) is 0 Å². The molecular weight excluding hydrogens is 386 g/mol. The number of ether oxygens (including phenoxy) is 3. The summed E-state index contributed by atoms with van der Waals surface area (Å²) in [6.07, 6.45) is 0.734. The van der Waals surface area contributed by atoms with E-state index < -0.39 is 18.0 Å². The molecule has 0 fully saturated rings. The number of fused-ring (bicyclic) bond motifs is 1. The number of rotatable bonds is 5. The molecule has 2 heterocycles. The summed E-state index contributed by atoms with van der Waals surface area (Å²) < 4.78 is 18.0. The van der Waals surface area contributed by atoms with Crippen molar-refractivity contribution in [3.63, 3.8) is 0 Å². The first kappa shape index (κ1) is 19.5. The van der Waals surface area contributed by atoms with E-state index in [-0.39, 0.29) is 0 Å². The predicted molar refractivity (Wildman–Crippen MR) is 109 cm³/mol. The molecule has 154 valence electrons. The van der Waals surface area contributed by atoms with Gasteiger partial charge >= 0.3 is 5.97 Å². The highest BCUT2D eigenvalue weighted by molar-refractivity contribution is 5.97. The van der Waals surface area contributed by atoms with Gasteiger partial charge in [0.2, 0.25) is 0 Å². The minimum absolute atomic E-state index is 0.350. The van der Waals surface area contributed by atoms with E-state index in [1.807, 2.05) is 13.0 Å². The second kappa shape index (κ2) is 8.28. The van der Waals surface area contributed by atoms with Crippen LogP contribution in [0.5, 0.6) is 11.5 Å². The highest BCUT2D eigenvalue weighted by Gasteiger charge is 2.20. The molecule has 1 N–H and O–H groups in total. The molecule has 1 atom stereocenters. The fourth-order valence-corrected chi connectivity index (χ4v) is 3.03. The number of hydrogen-bond acceptors (Lipinski definition) is 6. The van der Waals surface area contributed by atoms with E-state index in [4.69, 9.17) is 14.2 Å². The van der Waals surface area contributed by atoms with E-state index in [2.05, 4.69) is 10.4 Å². The summed E-state index contributed by atoms with van der Waals surface area (Å²) >= 11 is 0. The van der Waals surface area contributed by atoms with Crippen molar-refractivity contribution in [2.45, 2.75) is 20.0 Å². The zero-order valence-corrected chi connectivity index (χ0v) is 16.6. The van der Waals surface area contributed by atoms with Gasteiger partial charge in [-0.25, -0.2) is 9.48 Å². The Morgan fingerprint density at radius 1 is 1.07 bits per heavy atom. The van der Waals surface area contributed by atoms with Gasteiger partial charge in [0.25, 0.3) is 5.91 Å². The van der Waals surface area contributed by atoms with Gasteiger partial charge in [-0.15, -0.1) is 0 Å². The highest BCUT2D eigenvalue weighted by atomic mass is 16.6. The lowest BCUT2D eigenvalue weighted by Gasteiger charge is -2.19. The van der Waals surface area contributed by atoms with E-state index in [1.54, 1.807) is 53.3 Å². The van der Waals surface area contributed by atoms with E-state index in [0.717, 1.165) is 11.4 Å². The third-order valence-corrected chi connectivity index (χ3v) is 4.64. The summed E-state index contributed by atoms with van der Waals surface area (Å²) in [7, 11) is 0. The predicted octanol–water partition coefficient (Wildman–Crippen LogP) is 3.14. The standard InChI is InChI=1S/C22H21N3O5/c1-14-9-10-23-25(14)18-6-3-16(4-7-18)22(27)30-15(2)21(26)24-17-5-8-19-20(13-17)29-12-11-28-19/h3-10,13,15H,11-12H2,1-2H3,(H,24,26)/t15-/m1/s1. The van der Waals surface area contributed by atoms with Gasteiger partial charge in [-0.1, -0.05) is 0 Å². The number of carbonyl (C=O) groups excluding carboxylic acids is 2. The van der Waals surface area contributed by atoms with Crippen LogP contribution in [0.25, 0.3) is 5.69 Å². The van der Waals surface area contributed by atoms with E-state index >= 15 is 0 Å². The van der Waals surface area contributed by atoms with Crippen LogP contribution >= 0.6 is 0 Å². The maximum Gasteiger partial charge on any atom is 0.338 e. The molecule has 0 unspecified atom stereocenters. The van der Waals surface area contributed by atoms with Gasteiger partial charge in [-0.05, 0) is 56.3 Å². The average Bonchev–Trinajstić information content (AvgIpc) is 3.19. The number of hydrogen-bond donors (Lipinski definition) is 1. The first-order valence-electron chi connectivity index (χ1n) is 9.54. The van der Waals surface area contributed by atoms with Crippen LogP contribution < -0.4 is 14.8 Å². The minimum atomic E-state index is -0.973. The smallest absolute Gasteiger partial charge is 0.338 e. The topological polar surface area (TPSA) is 91.7 Å². The Labute approximate surface area is 173 Å². The number of aromatic nitrogens is 2. The Morgan fingerprint density at radius 2 is 1.80 bits per heavy atom. The number of carbonyl (C=O) groups is 2. The molecule has 2 aromatic carbocycles. The second-order valence-electron chi connectivity index (χ2n) is 6.83. The fourth-order valence-electron chi connectivity index (χ4n) is 3.03. The van der Waals surface area contributed by atoms with E-state index in [9.17, 15) is 9.59 Å². The summed E-state index contributed by atoms with van der Waals surface area (Å²) in [5, 5.41) is 6.95. The first-order chi connectivity index (χ1) is 14.5. The van der Waals surface area contributed by atoms with Crippen LogP contribution in [0.4, 0.5) is 5.69 Å². The SMILES string of the molecule is Cc1ccnn1-c1ccc(C(=O)O[C@H](C)C(=O)Nc2ccc3c(c2)OCCO3)cc1. The van der Waals surface area contributed by atoms with Gasteiger partial charge in [-0.3, -0.25) is 4.79 Å². The van der Waals surface area contributed by atoms with Crippen LogP contribution in [0.3, 0.4) is 0 Å². The maximum absolute atomic E-state index is 12.4. The number of aryl methyl sites for hydroxylation is 1. The second-order valence-corrected chi connectivity index (χ2v) is 6.83. The van der Waals surface area contributed by atoms with Crippen molar-refractivity contribution >= 4 is 17.6 Å². The normalized spacial score (nSPS) is 13.4. The Hall–Kier alpha value is -3.81. The summed E-state index contributed by atoms with van der Waals surface area (Å²) in [4.78, 5) is 24.8. The summed E-state index contributed by atoms with van der Waals surface area (Å²) in [5.41, 5.74) is 2.70. The number of nitrogens with one attached hydrogen (secondary N) is 1. The van der Waals surface area contributed by atoms with Crippen LogP contribution in [0, 0.1) is 6.92 Å². The number of nitrogens with zero attached hydrogens (tertiary/aromatic N) is 2. The number of esters is 1. The number of anilines is 1. The molecule has 8 nitrogen and oxygen atoms in total. The van der Waals surface area contributed by atoms with Crippen molar-refractivity contribution in [1.82, 2.24) is 9.78 Å². The molecule has 0 saturated carbocycles.